The van der Waals surface area contributed by atoms with E-state index >= 15 is 0 Å². The molecule has 1 saturated heterocycles. The lowest BCUT2D eigenvalue weighted by atomic mass is 9.89. The van der Waals surface area contributed by atoms with Gasteiger partial charge in [-0.05, 0) is 35.6 Å². The van der Waals surface area contributed by atoms with Crippen LogP contribution in [0.3, 0.4) is 0 Å². The van der Waals surface area contributed by atoms with Crippen LogP contribution >= 0.6 is 11.8 Å². The summed E-state index contributed by atoms with van der Waals surface area (Å²) in [6.07, 6.45) is 1.45. The highest BCUT2D eigenvalue weighted by Crippen LogP contribution is 2.42. The minimum absolute atomic E-state index is 0.313. The predicted octanol–water partition coefficient (Wildman–Crippen LogP) is 4.31. The average molecular weight is 414 g/mol. The fourth-order valence-electron chi connectivity index (χ4n) is 3.75. The predicted molar refractivity (Wildman–Crippen MR) is 116 cm³/mol. The molecule has 5 atom stereocenters. The van der Waals surface area contributed by atoms with Gasteiger partial charge in [0.25, 0.3) is 0 Å². The van der Waals surface area contributed by atoms with Gasteiger partial charge in [-0.1, -0.05) is 42.5 Å². The highest BCUT2D eigenvalue weighted by Gasteiger charge is 2.57. The average Bonchev–Trinajstić information content (AvgIpc) is 2.76. The lowest BCUT2D eigenvalue weighted by Crippen LogP contribution is -2.64. The van der Waals surface area contributed by atoms with Crippen molar-refractivity contribution in [3.8, 4) is 6.07 Å². The van der Waals surface area contributed by atoms with Gasteiger partial charge in [0, 0.05) is 7.11 Å². The molecule has 0 saturated carbocycles. The summed E-state index contributed by atoms with van der Waals surface area (Å²) >= 11 is 1.42. The third-order valence-corrected chi connectivity index (χ3v) is 6.66. The summed E-state index contributed by atoms with van der Waals surface area (Å²) in [7, 11) is 1.57. The van der Waals surface area contributed by atoms with Crippen molar-refractivity contribution in [3.05, 3.63) is 60.7 Å². The van der Waals surface area contributed by atoms with Gasteiger partial charge in [-0.15, -0.1) is 18.3 Å². The molecule has 5 nitrogen and oxygen atoms in total. The minimum Gasteiger partial charge on any atom is -0.368 e. The van der Waals surface area contributed by atoms with Crippen LogP contribution in [0.2, 0.25) is 0 Å². The number of thioether (sulfide) groups is 1. The number of hydrogen-bond donors (Lipinski definition) is 0. The Kier molecular flexibility index (Phi) is 7.33. The van der Waals surface area contributed by atoms with Crippen LogP contribution in [0.5, 0.6) is 0 Å². The summed E-state index contributed by atoms with van der Waals surface area (Å²) in [4.78, 5) is 0. The van der Waals surface area contributed by atoms with Crippen molar-refractivity contribution in [2.75, 3.05) is 20.0 Å². The van der Waals surface area contributed by atoms with Gasteiger partial charge >= 0.3 is 0 Å². The maximum atomic E-state index is 10.1. The highest BCUT2D eigenvalue weighted by molar-refractivity contribution is 8.00. The summed E-state index contributed by atoms with van der Waals surface area (Å²) in [5.74, 6) is 0. The zero-order valence-corrected chi connectivity index (χ0v) is 17.9. The third-order valence-electron chi connectivity index (χ3n) is 5.33. The van der Waals surface area contributed by atoms with E-state index in [0.717, 1.165) is 10.9 Å². The van der Waals surface area contributed by atoms with Gasteiger partial charge in [-0.3, -0.25) is 0 Å². The second-order valence-electron chi connectivity index (χ2n) is 6.99. The summed E-state index contributed by atoms with van der Waals surface area (Å²) in [5.41, 5.74) is 1.03. The number of fused-ring (bicyclic) bond motifs is 1. The SMILES string of the molecule is C=CCO[C@H]1[C@@H](OC)O[C@H](C)[C@@](C#N)(SC)[C@@H]1OCc1ccc2ccccc2c1. The maximum absolute atomic E-state index is 10.1. The van der Waals surface area contributed by atoms with Gasteiger partial charge < -0.3 is 18.9 Å². The Morgan fingerprint density at radius 1 is 1.24 bits per heavy atom. The molecule has 1 aliphatic heterocycles. The Morgan fingerprint density at radius 2 is 2.00 bits per heavy atom. The first-order valence-electron chi connectivity index (χ1n) is 9.56. The first-order valence-corrected chi connectivity index (χ1v) is 10.8. The second-order valence-corrected chi connectivity index (χ2v) is 8.07. The first kappa shape index (κ1) is 21.8. The standard InChI is InChI=1S/C23H27NO4S/c1-5-12-26-20-21(23(15-24,29-4)16(2)28-22(20)25-3)27-14-17-10-11-18-8-6-7-9-19(18)13-17/h5-11,13,16,20-22H,1,12,14H2,2-4H3/t16-,20-,21-,22+,23-/m1/s1. The van der Waals surface area contributed by atoms with Crippen molar-refractivity contribution in [1.29, 1.82) is 5.26 Å². The van der Waals surface area contributed by atoms with E-state index in [9.17, 15) is 5.26 Å². The normalized spacial score (nSPS) is 29.4. The molecule has 0 amide bonds. The fraction of sp³-hybridized carbons (Fsp3) is 0.435. The van der Waals surface area contributed by atoms with Crippen LogP contribution in [0.4, 0.5) is 0 Å². The van der Waals surface area contributed by atoms with Crippen molar-refractivity contribution in [3.63, 3.8) is 0 Å². The molecule has 29 heavy (non-hydrogen) atoms. The Hall–Kier alpha value is -1.88. The molecule has 6 heteroatoms. The first-order chi connectivity index (χ1) is 14.1. The molecular formula is C23H27NO4S. The van der Waals surface area contributed by atoms with Crippen LogP contribution in [-0.4, -0.2) is 49.3 Å². The number of nitrogens with zero attached hydrogens (tertiary/aromatic N) is 1. The molecule has 0 radical (unpaired) electrons. The number of ether oxygens (including phenoxy) is 4. The van der Waals surface area contributed by atoms with Crippen molar-refractivity contribution >= 4 is 22.5 Å². The summed E-state index contributed by atoms with van der Waals surface area (Å²) in [5, 5.41) is 12.4. The fourth-order valence-corrected chi connectivity index (χ4v) is 4.66. The van der Waals surface area contributed by atoms with Gasteiger partial charge in [-0.25, -0.2) is 0 Å². The van der Waals surface area contributed by atoms with E-state index in [1.165, 1.54) is 17.1 Å². The Balaban J connectivity index is 1.89. The van der Waals surface area contributed by atoms with Gasteiger partial charge in [-0.2, -0.15) is 5.26 Å². The van der Waals surface area contributed by atoms with Gasteiger partial charge in [0.1, 0.15) is 12.2 Å². The molecule has 0 N–H and O–H groups in total. The van der Waals surface area contributed by atoms with Gasteiger partial charge in [0.2, 0.25) is 0 Å². The summed E-state index contributed by atoms with van der Waals surface area (Å²) in [6, 6.07) is 16.9. The smallest absolute Gasteiger partial charge is 0.186 e. The van der Waals surface area contributed by atoms with Crippen LogP contribution in [0.25, 0.3) is 10.8 Å². The maximum Gasteiger partial charge on any atom is 0.186 e. The van der Waals surface area contributed by atoms with E-state index in [1.807, 2.05) is 31.4 Å². The summed E-state index contributed by atoms with van der Waals surface area (Å²) in [6.45, 7) is 6.27. The van der Waals surface area contributed by atoms with E-state index < -0.39 is 29.3 Å². The molecule has 1 heterocycles. The largest absolute Gasteiger partial charge is 0.368 e. The highest BCUT2D eigenvalue weighted by atomic mass is 32.2. The van der Waals surface area contributed by atoms with Crippen molar-refractivity contribution in [1.82, 2.24) is 0 Å². The van der Waals surface area contributed by atoms with Crippen LogP contribution in [0, 0.1) is 11.3 Å². The molecule has 0 aliphatic carbocycles. The third kappa shape index (κ3) is 4.35. The zero-order valence-electron chi connectivity index (χ0n) is 17.0. The quantitative estimate of drug-likeness (QED) is 0.601. The number of nitriles is 1. The number of methoxy groups -OCH3 is 1. The molecule has 1 fully saturated rings. The topological polar surface area (TPSA) is 60.7 Å². The van der Waals surface area contributed by atoms with E-state index in [4.69, 9.17) is 18.9 Å². The van der Waals surface area contributed by atoms with Crippen LogP contribution in [-0.2, 0) is 25.6 Å². The van der Waals surface area contributed by atoms with Gasteiger partial charge in [0.15, 0.2) is 11.0 Å². The number of benzene rings is 2. The van der Waals surface area contributed by atoms with E-state index in [2.05, 4.69) is 36.9 Å². The molecule has 0 aromatic heterocycles. The Labute approximate surface area is 176 Å². The monoisotopic (exact) mass is 413 g/mol. The number of hydrogen-bond acceptors (Lipinski definition) is 6. The van der Waals surface area contributed by atoms with E-state index in [0.29, 0.717) is 13.2 Å². The van der Waals surface area contributed by atoms with Crippen molar-refractivity contribution < 1.29 is 18.9 Å². The van der Waals surface area contributed by atoms with Crippen molar-refractivity contribution in [2.24, 2.45) is 0 Å². The molecule has 2 aromatic carbocycles. The van der Waals surface area contributed by atoms with Crippen molar-refractivity contribution in [2.45, 2.75) is 42.9 Å². The molecule has 0 bridgehead atoms. The molecule has 154 valence electrons. The Bertz CT molecular complexity index is 883. The number of rotatable bonds is 8. The van der Waals surface area contributed by atoms with Crippen LogP contribution in [0.1, 0.15) is 12.5 Å². The Morgan fingerprint density at radius 3 is 2.66 bits per heavy atom. The minimum atomic E-state index is -0.919. The lowest BCUT2D eigenvalue weighted by molar-refractivity contribution is -0.278. The molecule has 1 aliphatic rings. The molecule has 0 spiro atoms. The van der Waals surface area contributed by atoms with E-state index in [1.54, 1.807) is 13.2 Å². The second kappa shape index (κ2) is 9.75. The lowest BCUT2D eigenvalue weighted by Gasteiger charge is -2.48. The van der Waals surface area contributed by atoms with Crippen LogP contribution < -0.4 is 0 Å². The van der Waals surface area contributed by atoms with Crippen LogP contribution in [0.15, 0.2) is 55.1 Å². The zero-order chi connectivity index (χ0) is 20.9. The van der Waals surface area contributed by atoms with E-state index in [-0.39, 0.29) is 0 Å². The molecule has 3 rings (SSSR count). The van der Waals surface area contributed by atoms with Gasteiger partial charge in [0.05, 0.1) is 25.4 Å². The summed E-state index contributed by atoms with van der Waals surface area (Å²) < 4.78 is 22.9. The molecule has 2 aromatic rings. The molecular weight excluding hydrogens is 386 g/mol. The molecule has 0 unspecified atom stereocenters.